The Kier molecular flexibility index (Phi) is 4.95. The van der Waals surface area contributed by atoms with E-state index >= 15 is 0 Å². The van der Waals surface area contributed by atoms with Gasteiger partial charge in [-0.25, -0.2) is 0 Å². The van der Waals surface area contributed by atoms with Crippen molar-refractivity contribution in [1.29, 1.82) is 0 Å². The first-order valence-corrected chi connectivity index (χ1v) is 8.95. The zero-order valence-electron chi connectivity index (χ0n) is 14.5. The standard InChI is InChI=1S/C19H22ClN3O2/c1-12-11-14(13-7-6-8-15(20)16(13)22-12)17(24)23-19(18(25)21-2)9-4-3-5-10-19/h6-8,11H,3-5,9-10H2,1-2H3,(H,21,25)(H,23,24). The lowest BCUT2D eigenvalue weighted by molar-refractivity contribution is -0.128. The zero-order valence-corrected chi connectivity index (χ0v) is 15.2. The van der Waals surface area contributed by atoms with E-state index in [1.165, 1.54) is 0 Å². The molecule has 3 rings (SSSR count). The molecule has 0 radical (unpaired) electrons. The van der Waals surface area contributed by atoms with Gasteiger partial charge < -0.3 is 10.6 Å². The van der Waals surface area contributed by atoms with Gasteiger partial charge in [-0.2, -0.15) is 0 Å². The van der Waals surface area contributed by atoms with Gasteiger partial charge in [-0.15, -0.1) is 0 Å². The SMILES string of the molecule is CNC(=O)C1(NC(=O)c2cc(C)nc3c(Cl)cccc23)CCCCC1. The van der Waals surface area contributed by atoms with E-state index in [1.807, 2.05) is 13.0 Å². The maximum atomic E-state index is 13.1. The number of rotatable bonds is 3. The lowest BCUT2D eigenvalue weighted by Gasteiger charge is -2.36. The second-order valence-electron chi connectivity index (χ2n) is 6.62. The van der Waals surface area contributed by atoms with E-state index in [1.54, 1.807) is 25.2 Å². The monoisotopic (exact) mass is 359 g/mol. The molecule has 5 nitrogen and oxygen atoms in total. The van der Waals surface area contributed by atoms with E-state index in [0.717, 1.165) is 19.3 Å². The fraction of sp³-hybridized carbons (Fsp3) is 0.421. The molecule has 1 aliphatic rings. The Morgan fingerprint density at radius 2 is 1.92 bits per heavy atom. The van der Waals surface area contributed by atoms with Gasteiger partial charge >= 0.3 is 0 Å². The Bertz CT molecular complexity index is 829. The van der Waals surface area contributed by atoms with Crippen LogP contribution in [0.1, 0.15) is 48.2 Å². The first-order chi connectivity index (χ1) is 12.0. The van der Waals surface area contributed by atoms with Crippen LogP contribution in [0.3, 0.4) is 0 Å². The first-order valence-electron chi connectivity index (χ1n) is 8.57. The summed E-state index contributed by atoms with van der Waals surface area (Å²) in [5, 5.41) is 6.92. The molecular formula is C19H22ClN3O2. The average molecular weight is 360 g/mol. The molecule has 1 aromatic carbocycles. The number of fused-ring (bicyclic) bond motifs is 1. The van der Waals surface area contributed by atoms with Gasteiger partial charge in [0.1, 0.15) is 5.54 Å². The molecule has 25 heavy (non-hydrogen) atoms. The number of likely N-dealkylation sites (N-methyl/N-ethyl adjacent to an activating group) is 1. The van der Waals surface area contributed by atoms with Crippen molar-refractivity contribution in [2.45, 2.75) is 44.6 Å². The summed E-state index contributed by atoms with van der Waals surface area (Å²) in [4.78, 5) is 30.0. The predicted octanol–water partition coefficient (Wildman–Crippen LogP) is 3.38. The highest BCUT2D eigenvalue weighted by atomic mass is 35.5. The van der Waals surface area contributed by atoms with Crippen LogP contribution in [-0.4, -0.2) is 29.4 Å². The molecule has 132 valence electrons. The van der Waals surface area contributed by atoms with Crippen LogP contribution in [0.4, 0.5) is 0 Å². The van der Waals surface area contributed by atoms with E-state index in [0.29, 0.717) is 40.0 Å². The van der Waals surface area contributed by atoms with Crippen molar-refractivity contribution in [3.63, 3.8) is 0 Å². The second-order valence-corrected chi connectivity index (χ2v) is 7.03. The van der Waals surface area contributed by atoms with Crippen LogP contribution in [0.25, 0.3) is 10.9 Å². The predicted molar refractivity (Wildman–Crippen MR) is 98.8 cm³/mol. The van der Waals surface area contributed by atoms with Gasteiger partial charge in [-0.1, -0.05) is 43.0 Å². The molecule has 1 aromatic heterocycles. The topological polar surface area (TPSA) is 71.1 Å². The smallest absolute Gasteiger partial charge is 0.252 e. The van der Waals surface area contributed by atoms with Gasteiger partial charge in [0.15, 0.2) is 0 Å². The van der Waals surface area contributed by atoms with E-state index < -0.39 is 5.54 Å². The van der Waals surface area contributed by atoms with Crippen molar-refractivity contribution in [2.75, 3.05) is 7.05 Å². The quantitative estimate of drug-likeness (QED) is 0.882. The molecule has 0 spiro atoms. The van der Waals surface area contributed by atoms with Gasteiger partial charge in [0.25, 0.3) is 5.91 Å². The van der Waals surface area contributed by atoms with E-state index in [2.05, 4.69) is 15.6 Å². The summed E-state index contributed by atoms with van der Waals surface area (Å²) in [6.07, 6.45) is 4.25. The molecule has 0 bridgehead atoms. The minimum Gasteiger partial charge on any atom is -0.357 e. The summed E-state index contributed by atoms with van der Waals surface area (Å²) in [6.45, 7) is 1.83. The number of benzene rings is 1. The molecular weight excluding hydrogens is 338 g/mol. The Morgan fingerprint density at radius 1 is 1.20 bits per heavy atom. The number of amides is 2. The van der Waals surface area contributed by atoms with E-state index in [4.69, 9.17) is 11.6 Å². The summed E-state index contributed by atoms with van der Waals surface area (Å²) in [5.41, 5.74) is 0.973. The van der Waals surface area contributed by atoms with Crippen LogP contribution in [0.15, 0.2) is 24.3 Å². The highest BCUT2D eigenvalue weighted by Crippen LogP contribution is 2.30. The lowest BCUT2D eigenvalue weighted by Crippen LogP contribution is -2.59. The Balaban J connectivity index is 2.02. The molecule has 2 N–H and O–H groups in total. The number of nitrogens with one attached hydrogen (secondary N) is 2. The minimum atomic E-state index is -0.841. The number of hydrogen-bond acceptors (Lipinski definition) is 3. The van der Waals surface area contributed by atoms with Crippen molar-refractivity contribution < 1.29 is 9.59 Å². The van der Waals surface area contributed by atoms with Crippen molar-refractivity contribution >= 4 is 34.3 Å². The average Bonchev–Trinajstić information content (AvgIpc) is 2.62. The maximum Gasteiger partial charge on any atom is 0.252 e. The lowest BCUT2D eigenvalue weighted by atomic mass is 9.80. The Morgan fingerprint density at radius 3 is 2.60 bits per heavy atom. The van der Waals surface area contributed by atoms with Crippen LogP contribution in [0.2, 0.25) is 5.02 Å². The number of pyridine rings is 1. The van der Waals surface area contributed by atoms with Gasteiger partial charge in [-0.05, 0) is 31.9 Å². The van der Waals surface area contributed by atoms with Crippen molar-refractivity contribution in [3.05, 3.63) is 40.5 Å². The molecule has 2 amide bonds. The van der Waals surface area contributed by atoms with Gasteiger partial charge in [0, 0.05) is 18.1 Å². The van der Waals surface area contributed by atoms with Gasteiger partial charge in [-0.3, -0.25) is 14.6 Å². The third-order valence-corrected chi connectivity index (χ3v) is 5.19. The number of nitrogens with zero attached hydrogens (tertiary/aromatic N) is 1. The van der Waals surface area contributed by atoms with Crippen molar-refractivity contribution in [1.82, 2.24) is 15.6 Å². The third kappa shape index (κ3) is 3.33. The molecule has 0 atom stereocenters. The van der Waals surface area contributed by atoms with Crippen LogP contribution in [-0.2, 0) is 4.79 Å². The van der Waals surface area contributed by atoms with Crippen molar-refractivity contribution in [2.24, 2.45) is 0 Å². The fourth-order valence-electron chi connectivity index (χ4n) is 3.62. The summed E-state index contributed by atoms with van der Waals surface area (Å²) < 4.78 is 0. The first kappa shape index (κ1) is 17.7. The number of aromatic nitrogens is 1. The minimum absolute atomic E-state index is 0.131. The molecule has 0 unspecified atom stereocenters. The number of aryl methyl sites for hydroxylation is 1. The zero-order chi connectivity index (χ0) is 18.0. The number of carbonyl (C=O) groups is 2. The highest BCUT2D eigenvalue weighted by molar-refractivity contribution is 6.35. The Labute approximate surface area is 152 Å². The highest BCUT2D eigenvalue weighted by Gasteiger charge is 2.40. The number of hydrogen-bond donors (Lipinski definition) is 2. The fourth-order valence-corrected chi connectivity index (χ4v) is 3.83. The summed E-state index contributed by atoms with van der Waals surface area (Å²) in [5.74, 6) is -0.392. The van der Waals surface area contributed by atoms with Gasteiger partial charge in [0.2, 0.25) is 5.91 Å². The number of para-hydroxylation sites is 1. The third-order valence-electron chi connectivity index (χ3n) is 4.88. The van der Waals surface area contributed by atoms with E-state index in [9.17, 15) is 9.59 Å². The molecule has 1 aliphatic carbocycles. The summed E-state index contributed by atoms with van der Waals surface area (Å²) in [7, 11) is 1.61. The molecule has 6 heteroatoms. The molecule has 0 saturated heterocycles. The second kappa shape index (κ2) is 7.00. The van der Waals surface area contributed by atoms with E-state index in [-0.39, 0.29) is 11.8 Å². The molecule has 1 fully saturated rings. The van der Waals surface area contributed by atoms with Crippen LogP contribution in [0, 0.1) is 6.92 Å². The number of halogens is 1. The normalized spacial score (nSPS) is 16.4. The van der Waals surface area contributed by atoms with Crippen LogP contribution in [0.5, 0.6) is 0 Å². The maximum absolute atomic E-state index is 13.1. The summed E-state index contributed by atoms with van der Waals surface area (Å²) >= 11 is 6.24. The van der Waals surface area contributed by atoms with Crippen molar-refractivity contribution in [3.8, 4) is 0 Å². The Hall–Kier alpha value is -2.14. The van der Waals surface area contributed by atoms with Crippen LogP contribution >= 0.6 is 11.6 Å². The molecule has 1 saturated carbocycles. The number of carbonyl (C=O) groups excluding carboxylic acids is 2. The molecule has 1 heterocycles. The molecule has 2 aromatic rings. The van der Waals surface area contributed by atoms with Crippen LogP contribution < -0.4 is 10.6 Å². The summed E-state index contributed by atoms with van der Waals surface area (Å²) in [6, 6.07) is 7.13. The largest absolute Gasteiger partial charge is 0.357 e. The molecule has 0 aliphatic heterocycles. The van der Waals surface area contributed by atoms with Gasteiger partial charge in [0.05, 0.1) is 16.1 Å².